The van der Waals surface area contributed by atoms with Crippen LogP contribution in [0.3, 0.4) is 0 Å². The second kappa shape index (κ2) is 10.9. The molecule has 3 atom stereocenters. The molecule has 2 amide bonds. The predicted octanol–water partition coefficient (Wildman–Crippen LogP) is 3.09. The molecule has 0 unspecified atom stereocenters. The second-order valence-electron chi connectivity index (χ2n) is 9.30. The number of ether oxygens (including phenoxy) is 2. The maximum absolute atomic E-state index is 13.4. The van der Waals surface area contributed by atoms with Crippen LogP contribution in [0.2, 0.25) is 0 Å². The number of anilines is 1. The molecule has 2 aromatic rings. The van der Waals surface area contributed by atoms with Crippen LogP contribution in [0.25, 0.3) is 0 Å². The number of hydrogen-bond donors (Lipinski definition) is 2. The zero-order chi connectivity index (χ0) is 25.9. The van der Waals surface area contributed by atoms with Crippen molar-refractivity contribution in [1.29, 1.82) is 0 Å². The molecule has 10 heteroatoms. The first-order valence-electron chi connectivity index (χ1n) is 12.2. The Labute approximate surface area is 212 Å². The first kappa shape index (κ1) is 26.0. The van der Waals surface area contributed by atoms with Crippen LogP contribution < -0.4 is 14.8 Å². The zero-order valence-corrected chi connectivity index (χ0v) is 21.6. The van der Waals surface area contributed by atoms with Crippen LogP contribution in [-0.2, 0) is 19.6 Å². The van der Waals surface area contributed by atoms with E-state index in [1.54, 1.807) is 49.2 Å². The number of nitrogens with zero attached hydrogens (tertiary/aromatic N) is 1. The fourth-order valence-electron chi connectivity index (χ4n) is 4.70. The zero-order valence-electron chi connectivity index (χ0n) is 20.8. The summed E-state index contributed by atoms with van der Waals surface area (Å²) >= 11 is 0. The molecule has 0 radical (unpaired) electrons. The van der Waals surface area contributed by atoms with E-state index in [4.69, 9.17) is 9.47 Å². The molecule has 0 aromatic heterocycles. The van der Waals surface area contributed by atoms with E-state index in [9.17, 15) is 18.0 Å². The van der Waals surface area contributed by atoms with Crippen LogP contribution in [0.4, 0.5) is 5.69 Å². The number of carbonyl (C=O) groups excluding carboxylic acids is 2. The molecular formula is C26H33N3O6S. The van der Waals surface area contributed by atoms with E-state index in [1.165, 1.54) is 12.1 Å². The standard InChI is InChI=1S/C26H33N3O6S/c1-4-13-27-25(30)15-19-10-11-21-23(35-19)16-34-22-12-9-18(14-20(22)26(31)29(21)3)28-36(32,33)24-8-6-5-7-17(24)2/h5-9,12,14,19,21,23,28H,4,10-11,13,15-16H2,1-3H3,(H,27,30)/t19-,21+,23-/m1/s1. The van der Waals surface area contributed by atoms with Crippen LogP contribution in [0.5, 0.6) is 5.75 Å². The van der Waals surface area contributed by atoms with Gasteiger partial charge in [-0.1, -0.05) is 25.1 Å². The number of benzene rings is 2. The highest BCUT2D eigenvalue weighted by Crippen LogP contribution is 2.33. The van der Waals surface area contributed by atoms with Gasteiger partial charge < -0.3 is 19.7 Å². The molecule has 2 aliphatic heterocycles. The molecule has 2 aromatic carbocycles. The molecular weight excluding hydrogens is 482 g/mol. The van der Waals surface area contributed by atoms with Crippen molar-refractivity contribution < 1.29 is 27.5 Å². The summed E-state index contributed by atoms with van der Waals surface area (Å²) in [4.78, 5) is 27.4. The minimum Gasteiger partial charge on any atom is -0.490 e. The van der Waals surface area contributed by atoms with Gasteiger partial charge in [0.15, 0.2) is 0 Å². The molecule has 2 aliphatic rings. The molecule has 0 aliphatic carbocycles. The molecule has 1 saturated heterocycles. The Hall–Kier alpha value is -3.11. The van der Waals surface area contributed by atoms with Crippen LogP contribution >= 0.6 is 0 Å². The highest BCUT2D eigenvalue weighted by molar-refractivity contribution is 7.92. The third kappa shape index (κ3) is 5.65. The Morgan fingerprint density at radius 2 is 1.94 bits per heavy atom. The topological polar surface area (TPSA) is 114 Å². The lowest BCUT2D eigenvalue weighted by Gasteiger charge is -2.42. The van der Waals surface area contributed by atoms with Crippen molar-refractivity contribution in [1.82, 2.24) is 10.2 Å². The monoisotopic (exact) mass is 515 g/mol. The number of aryl methyl sites for hydroxylation is 1. The third-order valence-electron chi connectivity index (χ3n) is 6.63. The van der Waals surface area contributed by atoms with Crippen molar-refractivity contribution in [2.45, 2.75) is 62.7 Å². The lowest BCUT2D eigenvalue weighted by Crippen LogP contribution is -2.54. The van der Waals surface area contributed by atoms with Gasteiger partial charge in [0.05, 0.1) is 29.0 Å². The predicted molar refractivity (Wildman–Crippen MR) is 136 cm³/mol. The number of rotatable bonds is 7. The summed E-state index contributed by atoms with van der Waals surface area (Å²) in [5.74, 6) is 0.0393. The largest absolute Gasteiger partial charge is 0.490 e. The van der Waals surface area contributed by atoms with Gasteiger partial charge >= 0.3 is 0 Å². The quantitative estimate of drug-likeness (QED) is 0.586. The Balaban J connectivity index is 1.51. The van der Waals surface area contributed by atoms with Crippen LogP contribution in [0, 0.1) is 6.92 Å². The first-order chi connectivity index (χ1) is 17.2. The molecule has 0 saturated carbocycles. The van der Waals surface area contributed by atoms with E-state index in [-0.39, 0.29) is 59.2 Å². The average molecular weight is 516 g/mol. The van der Waals surface area contributed by atoms with Gasteiger partial charge in [0, 0.05) is 19.3 Å². The van der Waals surface area contributed by atoms with Crippen molar-refractivity contribution >= 4 is 27.5 Å². The summed E-state index contributed by atoms with van der Waals surface area (Å²) in [6.45, 7) is 4.58. The highest BCUT2D eigenvalue weighted by atomic mass is 32.2. The van der Waals surface area contributed by atoms with Crippen molar-refractivity contribution in [3.05, 3.63) is 53.6 Å². The molecule has 194 valence electrons. The molecule has 4 rings (SSSR count). The van der Waals surface area contributed by atoms with Gasteiger partial charge in [0.1, 0.15) is 18.5 Å². The Morgan fingerprint density at radius 1 is 1.17 bits per heavy atom. The number of fused-ring (bicyclic) bond motifs is 2. The molecule has 0 spiro atoms. The van der Waals surface area contributed by atoms with E-state index in [0.717, 1.165) is 6.42 Å². The number of nitrogens with one attached hydrogen (secondary N) is 2. The summed E-state index contributed by atoms with van der Waals surface area (Å²) in [5, 5.41) is 2.87. The normalized spacial score (nSPS) is 21.9. The van der Waals surface area contributed by atoms with Crippen LogP contribution in [-0.4, -0.2) is 63.6 Å². The van der Waals surface area contributed by atoms with Gasteiger partial charge in [-0.25, -0.2) is 8.42 Å². The first-order valence-corrected chi connectivity index (χ1v) is 13.7. The van der Waals surface area contributed by atoms with Gasteiger partial charge in [0.2, 0.25) is 5.91 Å². The number of sulfonamides is 1. The fraction of sp³-hybridized carbons (Fsp3) is 0.462. The molecule has 2 N–H and O–H groups in total. The molecule has 2 heterocycles. The van der Waals surface area contributed by atoms with E-state index in [0.29, 0.717) is 30.7 Å². The SMILES string of the molecule is CCCNC(=O)C[C@H]1CC[C@H]2[C@@H](COc3ccc(NS(=O)(=O)c4ccccc4C)cc3C(=O)N2C)O1. The lowest BCUT2D eigenvalue weighted by molar-refractivity contribution is -0.134. The summed E-state index contributed by atoms with van der Waals surface area (Å²) in [6, 6.07) is 11.2. The number of amides is 2. The highest BCUT2D eigenvalue weighted by Gasteiger charge is 2.39. The van der Waals surface area contributed by atoms with Crippen LogP contribution in [0.1, 0.15) is 48.5 Å². The molecule has 1 fully saturated rings. The van der Waals surface area contributed by atoms with Gasteiger partial charge in [-0.05, 0) is 56.0 Å². The molecule has 36 heavy (non-hydrogen) atoms. The van der Waals surface area contributed by atoms with E-state index in [2.05, 4.69) is 10.0 Å². The Kier molecular flexibility index (Phi) is 7.85. The maximum Gasteiger partial charge on any atom is 0.262 e. The third-order valence-corrected chi connectivity index (χ3v) is 8.17. The summed E-state index contributed by atoms with van der Waals surface area (Å²) in [6.07, 6.45) is 1.88. The minimum absolute atomic E-state index is 0.0393. The fourth-order valence-corrected chi connectivity index (χ4v) is 6.00. The maximum atomic E-state index is 13.4. The second-order valence-corrected chi connectivity index (χ2v) is 11.0. The van der Waals surface area contributed by atoms with Crippen molar-refractivity contribution in [2.75, 3.05) is 24.9 Å². The number of carbonyl (C=O) groups is 2. The minimum atomic E-state index is -3.83. The van der Waals surface area contributed by atoms with Crippen molar-refractivity contribution in [3.63, 3.8) is 0 Å². The van der Waals surface area contributed by atoms with Gasteiger partial charge in [-0.2, -0.15) is 0 Å². The van der Waals surface area contributed by atoms with Gasteiger partial charge in [0.25, 0.3) is 15.9 Å². The summed E-state index contributed by atoms with van der Waals surface area (Å²) < 4.78 is 40.6. The van der Waals surface area contributed by atoms with E-state index >= 15 is 0 Å². The van der Waals surface area contributed by atoms with E-state index in [1.807, 2.05) is 6.92 Å². The number of likely N-dealkylation sites (N-methyl/N-ethyl adjacent to an activating group) is 1. The van der Waals surface area contributed by atoms with Crippen molar-refractivity contribution in [2.24, 2.45) is 0 Å². The van der Waals surface area contributed by atoms with Crippen LogP contribution in [0.15, 0.2) is 47.4 Å². The Morgan fingerprint density at radius 3 is 2.69 bits per heavy atom. The van der Waals surface area contributed by atoms with E-state index < -0.39 is 10.0 Å². The smallest absolute Gasteiger partial charge is 0.262 e. The summed E-state index contributed by atoms with van der Waals surface area (Å²) in [7, 11) is -2.11. The number of hydrogen-bond acceptors (Lipinski definition) is 6. The average Bonchev–Trinajstić information content (AvgIpc) is 2.85. The van der Waals surface area contributed by atoms with Crippen molar-refractivity contribution in [3.8, 4) is 5.75 Å². The van der Waals surface area contributed by atoms with Gasteiger partial charge in [-0.3, -0.25) is 14.3 Å². The molecule has 9 nitrogen and oxygen atoms in total. The van der Waals surface area contributed by atoms with Gasteiger partial charge in [-0.15, -0.1) is 0 Å². The lowest BCUT2D eigenvalue weighted by atomic mass is 9.94. The molecule has 0 bridgehead atoms. The summed E-state index contributed by atoms with van der Waals surface area (Å²) in [5.41, 5.74) is 1.18. The Bertz CT molecular complexity index is 1230.